The Hall–Kier alpha value is -2.14. The van der Waals surface area contributed by atoms with Crippen LogP contribution in [0.1, 0.15) is 24.0 Å². The van der Waals surface area contributed by atoms with Crippen LogP contribution in [0, 0.1) is 0 Å². The third-order valence-electron chi connectivity index (χ3n) is 3.42. The van der Waals surface area contributed by atoms with Gasteiger partial charge in [-0.25, -0.2) is 8.42 Å². The van der Waals surface area contributed by atoms with E-state index in [1.165, 1.54) is 0 Å². The standard InChI is InChI=1S/C18H21NO3S/c20-18(19-14-16-8-3-1-4-9-16)12-7-13-23(21,22)15-17-10-5-2-6-11-17/h1-6,8-11H,7,12-15H2,(H,19,20). The SMILES string of the molecule is O=C(CCCS(=O)(=O)Cc1ccccc1)NCc1ccccc1. The Bertz CT molecular complexity index is 712. The van der Waals surface area contributed by atoms with Crippen LogP contribution in [0.25, 0.3) is 0 Å². The van der Waals surface area contributed by atoms with Gasteiger partial charge >= 0.3 is 0 Å². The maximum Gasteiger partial charge on any atom is 0.220 e. The second kappa shape index (κ2) is 8.48. The predicted molar refractivity (Wildman–Crippen MR) is 91.5 cm³/mol. The van der Waals surface area contributed by atoms with Crippen molar-refractivity contribution in [3.8, 4) is 0 Å². The highest BCUT2D eigenvalue weighted by Crippen LogP contribution is 2.08. The van der Waals surface area contributed by atoms with Gasteiger partial charge in [-0.15, -0.1) is 0 Å². The van der Waals surface area contributed by atoms with E-state index in [1.807, 2.05) is 48.5 Å². The number of carbonyl (C=O) groups is 1. The quantitative estimate of drug-likeness (QED) is 0.809. The summed E-state index contributed by atoms with van der Waals surface area (Å²) in [7, 11) is -3.18. The zero-order valence-electron chi connectivity index (χ0n) is 12.9. The second-order valence-corrected chi connectivity index (χ2v) is 7.63. The van der Waals surface area contributed by atoms with Crippen LogP contribution < -0.4 is 5.32 Å². The van der Waals surface area contributed by atoms with E-state index in [4.69, 9.17) is 0 Å². The molecule has 0 unspecified atom stereocenters. The predicted octanol–water partition coefficient (Wildman–Crippen LogP) is 2.70. The summed E-state index contributed by atoms with van der Waals surface area (Å²) in [5.74, 6) is -0.0658. The number of hydrogen-bond acceptors (Lipinski definition) is 3. The van der Waals surface area contributed by atoms with Crippen LogP contribution in [-0.2, 0) is 26.9 Å². The molecular formula is C18H21NO3S. The number of benzene rings is 2. The van der Waals surface area contributed by atoms with Gasteiger partial charge in [-0.1, -0.05) is 60.7 Å². The van der Waals surface area contributed by atoms with E-state index in [0.717, 1.165) is 11.1 Å². The van der Waals surface area contributed by atoms with Gasteiger partial charge in [-0.3, -0.25) is 4.79 Å². The number of hydrogen-bond donors (Lipinski definition) is 1. The summed E-state index contributed by atoms with van der Waals surface area (Å²) in [6.07, 6.45) is 0.566. The smallest absolute Gasteiger partial charge is 0.220 e. The van der Waals surface area contributed by atoms with Gasteiger partial charge in [0.25, 0.3) is 0 Å². The Morgan fingerprint density at radius 3 is 2.04 bits per heavy atom. The lowest BCUT2D eigenvalue weighted by Gasteiger charge is -2.06. The molecule has 2 aromatic carbocycles. The maximum absolute atomic E-state index is 12.0. The molecule has 0 aliphatic heterocycles. The molecule has 1 amide bonds. The second-order valence-electron chi connectivity index (χ2n) is 5.44. The van der Waals surface area contributed by atoms with Crippen molar-refractivity contribution < 1.29 is 13.2 Å². The summed E-state index contributed by atoms with van der Waals surface area (Å²) < 4.78 is 24.1. The molecule has 23 heavy (non-hydrogen) atoms. The highest BCUT2D eigenvalue weighted by molar-refractivity contribution is 7.90. The monoisotopic (exact) mass is 331 g/mol. The Morgan fingerprint density at radius 2 is 1.43 bits per heavy atom. The van der Waals surface area contributed by atoms with Gasteiger partial charge in [-0.2, -0.15) is 0 Å². The molecule has 0 radical (unpaired) electrons. The minimum Gasteiger partial charge on any atom is -0.352 e. The molecule has 2 aromatic rings. The van der Waals surface area contributed by atoms with Crippen molar-refractivity contribution in [2.45, 2.75) is 25.1 Å². The summed E-state index contributed by atoms with van der Waals surface area (Å²) >= 11 is 0. The fourth-order valence-corrected chi connectivity index (χ4v) is 3.67. The Labute approximate surface area is 137 Å². The van der Waals surface area contributed by atoms with Crippen molar-refractivity contribution in [1.82, 2.24) is 5.32 Å². The van der Waals surface area contributed by atoms with E-state index in [0.29, 0.717) is 13.0 Å². The topological polar surface area (TPSA) is 63.2 Å². The molecule has 1 N–H and O–H groups in total. The molecule has 0 heterocycles. The largest absolute Gasteiger partial charge is 0.352 e. The van der Waals surface area contributed by atoms with Crippen molar-refractivity contribution in [1.29, 1.82) is 0 Å². The lowest BCUT2D eigenvalue weighted by Crippen LogP contribution is -2.23. The normalized spacial score (nSPS) is 11.1. The van der Waals surface area contributed by atoms with Gasteiger partial charge in [0.2, 0.25) is 5.91 Å². The molecule has 0 aliphatic carbocycles. The molecule has 0 saturated carbocycles. The highest BCUT2D eigenvalue weighted by atomic mass is 32.2. The average Bonchev–Trinajstić information content (AvgIpc) is 2.54. The van der Waals surface area contributed by atoms with Gasteiger partial charge in [0.15, 0.2) is 9.84 Å². The lowest BCUT2D eigenvalue weighted by molar-refractivity contribution is -0.121. The number of carbonyl (C=O) groups excluding carboxylic acids is 1. The summed E-state index contributed by atoms with van der Waals surface area (Å²) in [6, 6.07) is 18.7. The van der Waals surface area contributed by atoms with Crippen molar-refractivity contribution in [2.75, 3.05) is 5.75 Å². The average molecular weight is 331 g/mol. The van der Waals surface area contributed by atoms with Gasteiger partial charge in [0, 0.05) is 13.0 Å². The van der Waals surface area contributed by atoms with Crippen LogP contribution in [0.2, 0.25) is 0 Å². The van der Waals surface area contributed by atoms with E-state index in [9.17, 15) is 13.2 Å². The van der Waals surface area contributed by atoms with Gasteiger partial charge < -0.3 is 5.32 Å². The van der Waals surface area contributed by atoms with Crippen molar-refractivity contribution in [3.63, 3.8) is 0 Å². The summed E-state index contributed by atoms with van der Waals surface area (Å²) in [5, 5.41) is 2.80. The Balaban J connectivity index is 1.70. The molecule has 0 aromatic heterocycles. The number of amides is 1. The van der Waals surface area contributed by atoms with Crippen molar-refractivity contribution in [3.05, 3.63) is 71.8 Å². The maximum atomic E-state index is 12.0. The zero-order valence-corrected chi connectivity index (χ0v) is 13.8. The third kappa shape index (κ3) is 6.65. The van der Waals surface area contributed by atoms with Crippen LogP contribution >= 0.6 is 0 Å². The van der Waals surface area contributed by atoms with Crippen LogP contribution in [0.15, 0.2) is 60.7 Å². The van der Waals surface area contributed by atoms with Gasteiger partial charge in [0.05, 0.1) is 11.5 Å². The first kappa shape index (κ1) is 17.2. The first-order valence-electron chi connectivity index (χ1n) is 7.60. The van der Waals surface area contributed by atoms with E-state index >= 15 is 0 Å². The molecule has 2 rings (SSSR count). The van der Waals surface area contributed by atoms with Gasteiger partial charge in [-0.05, 0) is 17.5 Å². The molecule has 5 heteroatoms. The fourth-order valence-electron chi connectivity index (χ4n) is 2.24. The molecule has 0 saturated heterocycles. The molecule has 0 aliphatic rings. The van der Waals surface area contributed by atoms with Crippen LogP contribution in [-0.4, -0.2) is 20.1 Å². The van der Waals surface area contributed by atoms with Crippen LogP contribution in [0.5, 0.6) is 0 Å². The van der Waals surface area contributed by atoms with Crippen molar-refractivity contribution >= 4 is 15.7 Å². The highest BCUT2D eigenvalue weighted by Gasteiger charge is 2.12. The fraction of sp³-hybridized carbons (Fsp3) is 0.278. The first-order chi connectivity index (χ1) is 11.1. The number of rotatable bonds is 8. The molecule has 122 valence electrons. The molecular weight excluding hydrogens is 310 g/mol. The van der Waals surface area contributed by atoms with Crippen LogP contribution in [0.3, 0.4) is 0 Å². The lowest BCUT2D eigenvalue weighted by atomic mass is 10.2. The minimum absolute atomic E-state index is 0.0273. The Morgan fingerprint density at radius 1 is 0.870 bits per heavy atom. The van der Waals surface area contributed by atoms with Crippen LogP contribution in [0.4, 0.5) is 0 Å². The van der Waals surface area contributed by atoms with Crippen molar-refractivity contribution in [2.24, 2.45) is 0 Å². The van der Waals surface area contributed by atoms with E-state index < -0.39 is 9.84 Å². The summed E-state index contributed by atoms with van der Waals surface area (Å²) in [5.41, 5.74) is 1.80. The molecule has 4 nitrogen and oxygen atoms in total. The molecule has 0 bridgehead atoms. The van der Waals surface area contributed by atoms with E-state index in [1.54, 1.807) is 12.1 Å². The Kier molecular flexibility index (Phi) is 6.35. The molecule has 0 spiro atoms. The minimum atomic E-state index is -3.18. The number of nitrogens with one attached hydrogen (secondary N) is 1. The molecule has 0 fully saturated rings. The zero-order chi connectivity index (χ0) is 16.5. The van der Waals surface area contributed by atoms with E-state index in [-0.39, 0.29) is 23.8 Å². The summed E-state index contributed by atoms with van der Waals surface area (Å²) in [4.78, 5) is 11.8. The van der Waals surface area contributed by atoms with Gasteiger partial charge in [0.1, 0.15) is 0 Å². The number of sulfone groups is 1. The summed E-state index contributed by atoms with van der Waals surface area (Å²) in [6.45, 7) is 0.469. The third-order valence-corrected chi connectivity index (χ3v) is 5.10. The first-order valence-corrected chi connectivity index (χ1v) is 9.42. The van der Waals surface area contributed by atoms with E-state index in [2.05, 4.69) is 5.32 Å². The molecule has 0 atom stereocenters.